The number of nitriles is 2. The Morgan fingerprint density at radius 1 is 0.541 bits per heavy atom. The van der Waals surface area contributed by atoms with Crippen molar-refractivity contribution in [3.8, 4) is 46.6 Å². The molecule has 0 atom stereocenters. The van der Waals surface area contributed by atoms with Gasteiger partial charge in [-0.1, -0.05) is 0 Å². The van der Waals surface area contributed by atoms with E-state index >= 15 is 0 Å². The van der Waals surface area contributed by atoms with E-state index in [1.165, 1.54) is 24.3 Å². The minimum atomic E-state index is -0.691. The molecule has 0 N–H and O–H groups in total. The van der Waals surface area contributed by atoms with Crippen LogP contribution in [0.4, 0.5) is 11.4 Å². The number of rotatable bonds is 8. The first-order valence-corrected chi connectivity index (χ1v) is 10.5. The van der Waals surface area contributed by atoms with Gasteiger partial charge in [0.1, 0.15) is 23.0 Å². The zero-order chi connectivity index (χ0) is 26.4. The predicted octanol–water partition coefficient (Wildman–Crippen LogP) is 6.62. The third-order valence-electron chi connectivity index (χ3n) is 4.91. The number of nitro groups is 2. The lowest BCUT2D eigenvalue weighted by Gasteiger charge is -2.12. The zero-order valence-electron chi connectivity index (χ0n) is 18.7. The Kier molecular flexibility index (Phi) is 6.90. The maximum atomic E-state index is 11.6. The summed E-state index contributed by atoms with van der Waals surface area (Å²) in [5, 5.41) is 41.1. The Balaban J connectivity index is 1.67. The topological polar surface area (TPSA) is 162 Å². The van der Waals surface area contributed by atoms with Gasteiger partial charge >= 0.3 is 11.4 Å². The van der Waals surface area contributed by atoms with E-state index in [1.807, 2.05) is 12.1 Å². The van der Waals surface area contributed by atoms with Crippen molar-refractivity contribution in [1.29, 1.82) is 10.5 Å². The van der Waals surface area contributed by atoms with Crippen LogP contribution in [-0.4, -0.2) is 9.85 Å². The van der Waals surface area contributed by atoms with E-state index in [-0.39, 0.29) is 23.0 Å². The summed E-state index contributed by atoms with van der Waals surface area (Å²) in [7, 11) is 0. The molecule has 0 radical (unpaired) electrons. The van der Waals surface area contributed by atoms with Crippen LogP contribution in [0.15, 0.2) is 84.9 Å². The second-order valence-corrected chi connectivity index (χ2v) is 7.35. The van der Waals surface area contributed by atoms with Crippen molar-refractivity contribution in [1.82, 2.24) is 0 Å². The molecule has 0 aliphatic heterocycles. The van der Waals surface area contributed by atoms with Gasteiger partial charge < -0.3 is 14.2 Å². The standard InChI is InChI=1S/C26H14N4O7/c27-15-17-1-5-19(6-2-17)35-21-9-11-23(29(31)32)25(13-21)37-26-14-22(10-12-24(26)30(33)34)36-20-7-3-18(16-28)4-8-20/h1-14H. The molecule has 0 saturated heterocycles. The van der Waals surface area contributed by atoms with E-state index < -0.39 is 21.2 Å². The van der Waals surface area contributed by atoms with Crippen molar-refractivity contribution >= 4 is 11.4 Å². The molecule has 37 heavy (non-hydrogen) atoms. The Morgan fingerprint density at radius 3 is 1.22 bits per heavy atom. The average Bonchev–Trinajstić information content (AvgIpc) is 2.89. The Morgan fingerprint density at radius 2 is 0.892 bits per heavy atom. The smallest absolute Gasteiger partial charge is 0.311 e. The highest BCUT2D eigenvalue weighted by Crippen LogP contribution is 2.41. The molecule has 0 bridgehead atoms. The van der Waals surface area contributed by atoms with Crippen LogP contribution in [0, 0.1) is 42.9 Å². The van der Waals surface area contributed by atoms with Gasteiger partial charge in [-0.25, -0.2) is 0 Å². The molecule has 180 valence electrons. The molecule has 4 aromatic rings. The largest absolute Gasteiger partial charge is 0.457 e. The summed E-state index contributed by atoms with van der Waals surface area (Å²) in [6.07, 6.45) is 0. The molecule has 0 fully saturated rings. The quantitative estimate of drug-likeness (QED) is 0.193. The Bertz CT molecular complexity index is 1450. The first-order valence-electron chi connectivity index (χ1n) is 10.5. The van der Waals surface area contributed by atoms with E-state index in [1.54, 1.807) is 48.5 Å². The molecule has 0 aromatic heterocycles. The number of hydrogen-bond donors (Lipinski definition) is 0. The van der Waals surface area contributed by atoms with Gasteiger partial charge in [-0.2, -0.15) is 10.5 Å². The highest BCUT2D eigenvalue weighted by molar-refractivity contribution is 5.58. The van der Waals surface area contributed by atoms with Gasteiger partial charge in [0.2, 0.25) is 11.5 Å². The fourth-order valence-corrected chi connectivity index (χ4v) is 3.17. The van der Waals surface area contributed by atoms with Crippen LogP contribution in [0.5, 0.6) is 34.5 Å². The Labute approximate surface area is 209 Å². The molecule has 0 saturated carbocycles. The number of nitro benzene ring substituents is 2. The molecule has 0 aliphatic carbocycles. The zero-order valence-corrected chi connectivity index (χ0v) is 18.7. The van der Waals surface area contributed by atoms with Crippen molar-refractivity contribution in [2.75, 3.05) is 0 Å². The highest BCUT2D eigenvalue weighted by Gasteiger charge is 2.23. The summed E-state index contributed by atoms with van der Waals surface area (Å²) in [6, 6.07) is 23.8. The van der Waals surface area contributed by atoms with Gasteiger partial charge in [-0.3, -0.25) is 20.2 Å². The average molecular weight is 494 g/mol. The third-order valence-corrected chi connectivity index (χ3v) is 4.91. The van der Waals surface area contributed by atoms with Crippen molar-refractivity contribution in [3.05, 3.63) is 116 Å². The number of benzene rings is 4. The SMILES string of the molecule is N#Cc1ccc(Oc2ccc([N+](=O)[O-])c(Oc3cc(Oc4ccc(C#N)cc4)ccc3[N+](=O)[O-])c2)cc1. The second-order valence-electron chi connectivity index (χ2n) is 7.35. The summed E-state index contributed by atoms with van der Waals surface area (Å²) in [5.41, 5.74) is -0.0363. The van der Waals surface area contributed by atoms with Gasteiger partial charge in [0, 0.05) is 24.3 Å². The summed E-state index contributed by atoms with van der Waals surface area (Å²) < 4.78 is 17.1. The lowest BCUT2D eigenvalue weighted by Crippen LogP contribution is -1.98. The van der Waals surface area contributed by atoms with Crippen molar-refractivity contribution < 1.29 is 24.1 Å². The maximum absolute atomic E-state index is 11.6. The molecule has 11 nitrogen and oxygen atoms in total. The lowest BCUT2D eigenvalue weighted by molar-refractivity contribution is -0.387. The molecule has 0 heterocycles. The molecular weight excluding hydrogens is 480 g/mol. The molecule has 4 rings (SSSR count). The van der Waals surface area contributed by atoms with Crippen LogP contribution in [0.3, 0.4) is 0 Å². The number of hydrogen-bond acceptors (Lipinski definition) is 9. The van der Waals surface area contributed by atoms with Crippen LogP contribution >= 0.6 is 0 Å². The minimum Gasteiger partial charge on any atom is -0.457 e. The third kappa shape index (κ3) is 5.77. The number of ether oxygens (including phenoxy) is 3. The summed E-state index contributed by atoms with van der Waals surface area (Å²) in [6.45, 7) is 0. The Hall–Kier alpha value is -5.94. The van der Waals surface area contributed by atoms with Crippen LogP contribution < -0.4 is 14.2 Å². The van der Waals surface area contributed by atoms with Crippen molar-refractivity contribution in [2.45, 2.75) is 0 Å². The maximum Gasteiger partial charge on any atom is 0.311 e. The minimum absolute atomic E-state index is 0.165. The van der Waals surface area contributed by atoms with Crippen LogP contribution in [0.2, 0.25) is 0 Å². The highest BCUT2D eigenvalue weighted by atomic mass is 16.6. The van der Waals surface area contributed by atoms with Gasteiger partial charge in [-0.15, -0.1) is 0 Å². The van der Waals surface area contributed by atoms with Crippen molar-refractivity contribution in [3.63, 3.8) is 0 Å². The second kappa shape index (κ2) is 10.5. The van der Waals surface area contributed by atoms with E-state index in [0.717, 1.165) is 12.1 Å². The molecule has 0 unspecified atom stereocenters. The van der Waals surface area contributed by atoms with Gasteiger partial charge in [0.25, 0.3) is 0 Å². The fraction of sp³-hybridized carbons (Fsp3) is 0. The van der Waals surface area contributed by atoms with Gasteiger partial charge in [0.05, 0.1) is 33.1 Å². The van der Waals surface area contributed by atoms with Gasteiger partial charge in [-0.05, 0) is 60.7 Å². The van der Waals surface area contributed by atoms with E-state index in [0.29, 0.717) is 22.6 Å². The molecular formula is C26H14N4O7. The monoisotopic (exact) mass is 494 g/mol. The predicted molar refractivity (Wildman–Crippen MR) is 129 cm³/mol. The van der Waals surface area contributed by atoms with Crippen LogP contribution in [-0.2, 0) is 0 Å². The van der Waals surface area contributed by atoms with Crippen molar-refractivity contribution in [2.24, 2.45) is 0 Å². The molecule has 0 amide bonds. The molecule has 0 aliphatic rings. The van der Waals surface area contributed by atoms with E-state index in [9.17, 15) is 20.2 Å². The molecule has 11 heteroatoms. The fourth-order valence-electron chi connectivity index (χ4n) is 3.17. The summed E-state index contributed by atoms with van der Waals surface area (Å²) in [5.74, 6) is 0.464. The van der Waals surface area contributed by atoms with Gasteiger partial charge in [0.15, 0.2) is 0 Å². The van der Waals surface area contributed by atoms with Crippen LogP contribution in [0.25, 0.3) is 0 Å². The number of nitrogens with zero attached hydrogens (tertiary/aromatic N) is 4. The normalized spacial score (nSPS) is 10.0. The van der Waals surface area contributed by atoms with E-state index in [4.69, 9.17) is 24.7 Å². The van der Waals surface area contributed by atoms with E-state index in [2.05, 4.69) is 0 Å². The molecule has 4 aromatic carbocycles. The summed E-state index contributed by atoms with van der Waals surface area (Å²) in [4.78, 5) is 21.8. The summed E-state index contributed by atoms with van der Waals surface area (Å²) >= 11 is 0. The van der Waals surface area contributed by atoms with Crippen LogP contribution in [0.1, 0.15) is 11.1 Å². The first kappa shape index (κ1) is 24.2. The molecule has 0 spiro atoms. The first-order chi connectivity index (χ1) is 17.9. The lowest BCUT2D eigenvalue weighted by atomic mass is 10.2.